The highest BCUT2D eigenvalue weighted by atomic mass is 16.6. The maximum absolute atomic E-state index is 11.5. The molecule has 1 saturated heterocycles. The second kappa shape index (κ2) is 3.33. The van der Waals surface area contributed by atoms with E-state index in [0.717, 1.165) is 45.0 Å². The topological polar surface area (TPSA) is 49.8 Å². The summed E-state index contributed by atoms with van der Waals surface area (Å²) in [7, 11) is 0. The summed E-state index contributed by atoms with van der Waals surface area (Å²) in [5.74, 6) is 0.311. The fourth-order valence-electron chi connectivity index (χ4n) is 4.55. The number of hydrogen-bond donors (Lipinski definition) is 1. The Bertz CT molecular complexity index is 349. The fraction of sp³-hybridized carbons (Fsp3) is 0.929. The van der Waals surface area contributed by atoms with Gasteiger partial charge in [-0.15, -0.1) is 0 Å². The monoisotopic (exact) mass is 238 g/mol. The Hall–Kier alpha value is -0.410. The molecule has 2 unspecified atom stereocenters. The van der Waals surface area contributed by atoms with Crippen molar-refractivity contribution in [2.75, 3.05) is 6.61 Å². The van der Waals surface area contributed by atoms with Crippen molar-refractivity contribution in [1.82, 2.24) is 0 Å². The van der Waals surface area contributed by atoms with Crippen molar-refractivity contribution in [3.8, 4) is 0 Å². The molecule has 2 saturated carbocycles. The molecule has 0 amide bonds. The van der Waals surface area contributed by atoms with Gasteiger partial charge in [-0.2, -0.15) is 0 Å². The van der Waals surface area contributed by atoms with Crippen LogP contribution >= 0.6 is 0 Å². The quantitative estimate of drug-likeness (QED) is 0.561. The molecular formula is C14H22O3. The highest BCUT2D eigenvalue weighted by Crippen LogP contribution is 2.62. The number of fused-ring (bicyclic) bond motifs is 1. The molecule has 1 N–H and O–H groups in total. The van der Waals surface area contributed by atoms with Gasteiger partial charge in [0.2, 0.25) is 0 Å². The summed E-state index contributed by atoms with van der Waals surface area (Å²) in [4.78, 5) is 11.5. The van der Waals surface area contributed by atoms with Crippen molar-refractivity contribution in [3.05, 3.63) is 0 Å². The van der Waals surface area contributed by atoms with Crippen molar-refractivity contribution in [2.45, 2.75) is 57.7 Å². The van der Waals surface area contributed by atoms with Crippen LogP contribution in [0.3, 0.4) is 0 Å². The molecule has 0 aromatic heterocycles. The summed E-state index contributed by atoms with van der Waals surface area (Å²) in [6.45, 7) is 5.13. The van der Waals surface area contributed by atoms with Gasteiger partial charge in [-0.1, -0.05) is 13.8 Å². The molecule has 1 spiro atoms. The second-order valence-electron chi connectivity index (χ2n) is 6.93. The third-order valence-electron chi connectivity index (χ3n) is 5.72. The zero-order chi connectivity index (χ0) is 12.3. The molecule has 3 aliphatic rings. The van der Waals surface area contributed by atoms with Crippen molar-refractivity contribution < 1.29 is 14.6 Å². The maximum atomic E-state index is 11.5. The minimum atomic E-state index is -0.552. The van der Waals surface area contributed by atoms with Gasteiger partial charge in [-0.3, -0.25) is 0 Å². The summed E-state index contributed by atoms with van der Waals surface area (Å²) in [5, 5.41) is 10.2. The third-order valence-corrected chi connectivity index (χ3v) is 5.72. The van der Waals surface area contributed by atoms with E-state index in [9.17, 15) is 9.90 Å². The van der Waals surface area contributed by atoms with E-state index in [0.29, 0.717) is 5.92 Å². The second-order valence-corrected chi connectivity index (χ2v) is 6.93. The van der Waals surface area contributed by atoms with Gasteiger partial charge >= 0.3 is 0 Å². The number of ether oxygens (including phenoxy) is 1. The maximum Gasteiger partial charge on any atom is 0.128 e. The number of aliphatic hydroxyl groups is 1. The predicted octanol–water partition coefficient (Wildman–Crippen LogP) is 1.92. The van der Waals surface area contributed by atoms with E-state index < -0.39 is 11.5 Å². The first-order valence-corrected chi connectivity index (χ1v) is 6.73. The first-order chi connectivity index (χ1) is 7.94. The number of carbonyl (C=O) groups is 1. The molecule has 3 rings (SSSR count). The summed E-state index contributed by atoms with van der Waals surface area (Å²) >= 11 is 0. The molecule has 0 radical (unpaired) electrons. The average Bonchev–Trinajstić information content (AvgIpc) is 3.03. The lowest BCUT2D eigenvalue weighted by atomic mass is 9.49. The van der Waals surface area contributed by atoms with Crippen LogP contribution in [0.25, 0.3) is 0 Å². The molecular weight excluding hydrogens is 216 g/mol. The Morgan fingerprint density at radius 3 is 2.59 bits per heavy atom. The minimum Gasteiger partial charge on any atom is -0.392 e. The highest BCUT2D eigenvalue weighted by molar-refractivity contribution is 5.61. The van der Waals surface area contributed by atoms with Gasteiger partial charge in [0, 0.05) is 0 Å². The lowest BCUT2D eigenvalue weighted by molar-refractivity contribution is -0.152. The molecule has 3 heteroatoms. The Labute approximate surface area is 103 Å². The van der Waals surface area contributed by atoms with Crippen LogP contribution in [0.4, 0.5) is 0 Å². The van der Waals surface area contributed by atoms with Crippen LogP contribution < -0.4 is 0 Å². The molecule has 1 aliphatic heterocycles. The predicted molar refractivity (Wildman–Crippen MR) is 63.5 cm³/mol. The lowest BCUT2D eigenvalue weighted by Crippen LogP contribution is -2.55. The lowest BCUT2D eigenvalue weighted by Gasteiger charge is -2.55. The summed E-state index contributed by atoms with van der Waals surface area (Å²) in [5.41, 5.74) is -0.246. The van der Waals surface area contributed by atoms with Crippen molar-refractivity contribution in [1.29, 1.82) is 0 Å². The highest BCUT2D eigenvalue weighted by Gasteiger charge is 2.61. The Balaban J connectivity index is 1.92. The Kier molecular flexibility index (Phi) is 2.28. The number of carbonyl (C=O) groups excluding carboxylic acids is 1. The summed E-state index contributed by atoms with van der Waals surface area (Å²) < 4.78 is 5.63. The first-order valence-electron chi connectivity index (χ1n) is 6.73. The standard InChI is InChI=1S/C14H22O3/c1-12-5-4-11(16)13(2,8-15)10(12)3-6-14(7-12)9-17-14/h8,10-11,16H,3-7,9H2,1-2H3/t10?,11-,12+,13+,14?/m1/s1. The third kappa shape index (κ3) is 1.52. The Morgan fingerprint density at radius 1 is 1.29 bits per heavy atom. The molecule has 0 aromatic carbocycles. The van der Waals surface area contributed by atoms with Crippen molar-refractivity contribution in [3.63, 3.8) is 0 Å². The van der Waals surface area contributed by atoms with Crippen LogP contribution in [0.1, 0.15) is 46.0 Å². The van der Waals surface area contributed by atoms with Crippen molar-refractivity contribution in [2.24, 2.45) is 16.7 Å². The van der Waals surface area contributed by atoms with Gasteiger partial charge in [-0.25, -0.2) is 0 Å². The molecule has 3 fully saturated rings. The molecule has 96 valence electrons. The van der Waals surface area contributed by atoms with E-state index in [-0.39, 0.29) is 11.0 Å². The fourth-order valence-corrected chi connectivity index (χ4v) is 4.55. The largest absolute Gasteiger partial charge is 0.392 e. The van der Waals surface area contributed by atoms with Crippen LogP contribution in [0.2, 0.25) is 0 Å². The normalized spacial score (nSPS) is 57.6. The van der Waals surface area contributed by atoms with E-state index >= 15 is 0 Å². The minimum absolute atomic E-state index is 0.136. The Morgan fingerprint density at radius 2 is 2.00 bits per heavy atom. The molecule has 3 nitrogen and oxygen atoms in total. The van der Waals surface area contributed by atoms with E-state index in [4.69, 9.17) is 4.74 Å². The van der Waals surface area contributed by atoms with E-state index in [1.54, 1.807) is 0 Å². The van der Waals surface area contributed by atoms with Gasteiger partial charge in [0.15, 0.2) is 0 Å². The first kappa shape index (κ1) is 11.7. The summed E-state index contributed by atoms with van der Waals surface area (Å²) in [6.07, 6.45) is 5.46. The van der Waals surface area contributed by atoms with E-state index in [2.05, 4.69) is 6.92 Å². The van der Waals surface area contributed by atoms with Gasteiger partial charge in [-0.05, 0) is 43.4 Å². The molecule has 1 heterocycles. The number of epoxide rings is 1. The molecule has 0 aromatic rings. The van der Waals surface area contributed by atoms with E-state index in [1.165, 1.54) is 0 Å². The molecule has 5 atom stereocenters. The number of hydrogen-bond acceptors (Lipinski definition) is 3. The number of aliphatic hydroxyl groups excluding tert-OH is 1. The van der Waals surface area contributed by atoms with Gasteiger partial charge < -0.3 is 14.6 Å². The smallest absolute Gasteiger partial charge is 0.128 e. The molecule has 17 heavy (non-hydrogen) atoms. The van der Waals surface area contributed by atoms with Gasteiger partial charge in [0.25, 0.3) is 0 Å². The van der Waals surface area contributed by atoms with Crippen LogP contribution in [0.5, 0.6) is 0 Å². The summed E-state index contributed by atoms with van der Waals surface area (Å²) in [6, 6.07) is 0. The SMILES string of the molecule is C[C@@]12CC[C@@H](O)[C@@](C)(C=O)C1CCC1(CO1)C2. The zero-order valence-electron chi connectivity index (χ0n) is 10.7. The van der Waals surface area contributed by atoms with Crippen LogP contribution in [-0.4, -0.2) is 29.7 Å². The number of aldehydes is 1. The van der Waals surface area contributed by atoms with Gasteiger partial charge in [0.1, 0.15) is 6.29 Å². The van der Waals surface area contributed by atoms with Crippen LogP contribution in [0.15, 0.2) is 0 Å². The van der Waals surface area contributed by atoms with Gasteiger partial charge in [0.05, 0.1) is 23.7 Å². The van der Waals surface area contributed by atoms with Crippen LogP contribution in [0, 0.1) is 16.7 Å². The van der Waals surface area contributed by atoms with Crippen molar-refractivity contribution >= 4 is 6.29 Å². The molecule has 0 bridgehead atoms. The molecule has 2 aliphatic carbocycles. The van der Waals surface area contributed by atoms with Crippen LogP contribution in [-0.2, 0) is 9.53 Å². The average molecular weight is 238 g/mol. The number of rotatable bonds is 1. The van der Waals surface area contributed by atoms with E-state index in [1.807, 2.05) is 6.92 Å². The zero-order valence-corrected chi connectivity index (χ0v) is 10.7.